The van der Waals surface area contributed by atoms with Crippen molar-refractivity contribution >= 4 is 17.9 Å². The Hall–Kier alpha value is -1.60. The molecule has 1 unspecified atom stereocenters. The Morgan fingerprint density at radius 2 is 1.53 bits per heavy atom. The molecule has 86 valence electrons. The van der Waals surface area contributed by atoms with Crippen LogP contribution in [0.25, 0.3) is 11.1 Å². The normalized spacial score (nSPS) is 12.1. The second kappa shape index (κ2) is 5.65. The molecule has 2 rings (SSSR count). The lowest BCUT2D eigenvalue weighted by Crippen LogP contribution is -2.03. The Balaban J connectivity index is 2.16. The van der Waals surface area contributed by atoms with Crippen LogP contribution in [0.15, 0.2) is 54.6 Å². The minimum atomic E-state index is -0.433. The summed E-state index contributed by atoms with van der Waals surface area (Å²) in [6, 6.07) is 18.3. The van der Waals surface area contributed by atoms with Gasteiger partial charge in [-0.3, -0.25) is 0 Å². The van der Waals surface area contributed by atoms with Crippen LogP contribution in [0.4, 0.5) is 0 Å². The fourth-order valence-electron chi connectivity index (χ4n) is 1.74. The van der Waals surface area contributed by atoms with E-state index in [-0.39, 0.29) is 0 Å². The third kappa shape index (κ3) is 3.18. The first-order chi connectivity index (χ1) is 8.29. The number of benzene rings is 2. The van der Waals surface area contributed by atoms with Gasteiger partial charge in [-0.25, -0.2) is 0 Å². The van der Waals surface area contributed by atoms with E-state index in [9.17, 15) is 4.79 Å². The SMILES string of the molecule is O=CC(Cl)Cc1ccc(-c2ccccc2)cc1. The molecule has 1 nitrogen and oxygen atoms in total. The molecule has 2 aromatic carbocycles. The number of carbonyl (C=O) groups excluding carboxylic acids is 1. The molecule has 0 heterocycles. The zero-order valence-electron chi connectivity index (χ0n) is 9.34. The minimum absolute atomic E-state index is 0.433. The summed E-state index contributed by atoms with van der Waals surface area (Å²) < 4.78 is 0. The van der Waals surface area contributed by atoms with E-state index in [4.69, 9.17) is 11.6 Å². The van der Waals surface area contributed by atoms with Gasteiger partial charge in [0.15, 0.2) is 0 Å². The smallest absolute Gasteiger partial charge is 0.138 e. The van der Waals surface area contributed by atoms with Crippen LogP contribution in [0.2, 0.25) is 0 Å². The Morgan fingerprint density at radius 1 is 0.941 bits per heavy atom. The van der Waals surface area contributed by atoms with Crippen LogP contribution >= 0.6 is 11.6 Å². The van der Waals surface area contributed by atoms with Gasteiger partial charge in [0.25, 0.3) is 0 Å². The van der Waals surface area contributed by atoms with Crippen molar-refractivity contribution in [3.8, 4) is 11.1 Å². The Morgan fingerprint density at radius 3 is 2.12 bits per heavy atom. The van der Waals surface area contributed by atoms with Gasteiger partial charge in [-0.15, -0.1) is 11.6 Å². The van der Waals surface area contributed by atoms with Crippen molar-refractivity contribution in [1.29, 1.82) is 0 Å². The predicted molar refractivity (Wildman–Crippen MR) is 71.3 cm³/mol. The summed E-state index contributed by atoms with van der Waals surface area (Å²) in [6.07, 6.45) is 1.35. The fourth-order valence-corrected chi connectivity index (χ4v) is 1.92. The molecule has 2 heteroatoms. The molecule has 0 fully saturated rings. The summed E-state index contributed by atoms with van der Waals surface area (Å²) in [5.41, 5.74) is 3.44. The van der Waals surface area contributed by atoms with Crippen LogP contribution in [0.1, 0.15) is 5.56 Å². The zero-order valence-corrected chi connectivity index (χ0v) is 10.1. The van der Waals surface area contributed by atoms with Crippen molar-refractivity contribution < 1.29 is 4.79 Å². The van der Waals surface area contributed by atoms with Crippen molar-refractivity contribution in [1.82, 2.24) is 0 Å². The number of aldehydes is 1. The molecule has 0 N–H and O–H groups in total. The Kier molecular flexibility index (Phi) is 3.94. The van der Waals surface area contributed by atoms with Crippen molar-refractivity contribution in [2.75, 3.05) is 0 Å². The fraction of sp³-hybridized carbons (Fsp3) is 0.133. The van der Waals surface area contributed by atoms with Gasteiger partial charge in [0.05, 0.1) is 5.38 Å². The van der Waals surface area contributed by atoms with E-state index in [1.807, 2.05) is 30.3 Å². The lowest BCUT2D eigenvalue weighted by Gasteiger charge is -2.05. The first-order valence-electron chi connectivity index (χ1n) is 5.53. The highest BCUT2D eigenvalue weighted by Gasteiger charge is 2.04. The molecule has 0 saturated heterocycles. The maximum absolute atomic E-state index is 10.5. The third-order valence-corrected chi connectivity index (χ3v) is 2.90. The van der Waals surface area contributed by atoms with Crippen molar-refractivity contribution in [3.63, 3.8) is 0 Å². The minimum Gasteiger partial charge on any atom is -0.302 e. The highest BCUT2D eigenvalue weighted by Crippen LogP contribution is 2.19. The quantitative estimate of drug-likeness (QED) is 0.592. The molecular formula is C15H13ClO. The number of hydrogen-bond donors (Lipinski definition) is 0. The first kappa shape index (κ1) is 11.9. The molecule has 2 aromatic rings. The topological polar surface area (TPSA) is 17.1 Å². The van der Waals surface area contributed by atoms with Gasteiger partial charge < -0.3 is 4.79 Å². The molecule has 0 spiro atoms. The largest absolute Gasteiger partial charge is 0.302 e. The first-order valence-corrected chi connectivity index (χ1v) is 5.97. The van der Waals surface area contributed by atoms with Crippen LogP contribution in [0.3, 0.4) is 0 Å². The monoisotopic (exact) mass is 244 g/mol. The molecule has 0 saturated carbocycles. The van der Waals surface area contributed by atoms with Gasteiger partial charge >= 0.3 is 0 Å². The van der Waals surface area contributed by atoms with E-state index in [2.05, 4.69) is 24.3 Å². The van der Waals surface area contributed by atoms with Gasteiger partial charge in [-0.1, -0.05) is 54.6 Å². The predicted octanol–water partition coefficient (Wildman–Crippen LogP) is 3.70. The number of alkyl halides is 1. The number of carbonyl (C=O) groups is 1. The molecule has 0 bridgehead atoms. The van der Waals surface area contributed by atoms with Gasteiger partial charge in [0.2, 0.25) is 0 Å². The van der Waals surface area contributed by atoms with E-state index < -0.39 is 5.38 Å². The van der Waals surface area contributed by atoms with Gasteiger partial charge in [-0.2, -0.15) is 0 Å². The summed E-state index contributed by atoms with van der Waals surface area (Å²) in [5.74, 6) is 0. The maximum Gasteiger partial charge on any atom is 0.138 e. The van der Waals surface area contributed by atoms with E-state index in [1.165, 1.54) is 11.1 Å². The van der Waals surface area contributed by atoms with E-state index in [0.717, 1.165) is 11.8 Å². The molecule has 1 atom stereocenters. The summed E-state index contributed by atoms with van der Waals surface area (Å²) in [6.45, 7) is 0. The summed E-state index contributed by atoms with van der Waals surface area (Å²) in [5, 5.41) is -0.433. The maximum atomic E-state index is 10.5. The molecule has 0 radical (unpaired) electrons. The lowest BCUT2D eigenvalue weighted by atomic mass is 10.0. The van der Waals surface area contributed by atoms with E-state index in [0.29, 0.717) is 6.42 Å². The lowest BCUT2D eigenvalue weighted by molar-refractivity contribution is -0.107. The summed E-state index contributed by atoms with van der Waals surface area (Å²) >= 11 is 5.79. The van der Waals surface area contributed by atoms with Gasteiger partial charge in [0, 0.05) is 0 Å². The van der Waals surface area contributed by atoms with Crippen LogP contribution in [0.5, 0.6) is 0 Å². The molecule has 17 heavy (non-hydrogen) atoms. The van der Waals surface area contributed by atoms with E-state index in [1.54, 1.807) is 0 Å². The van der Waals surface area contributed by atoms with Crippen LogP contribution < -0.4 is 0 Å². The molecule has 0 aliphatic carbocycles. The molecule has 0 aromatic heterocycles. The molecular weight excluding hydrogens is 232 g/mol. The second-order valence-electron chi connectivity index (χ2n) is 3.92. The average Bonchev–Trinajstić information content (AvgIpc) is 2.40. The van der Waals surface area contributed by atoms with E-state index >= 15 is 0 Å². The Bertz CT molecular complexity index is 476. The summed E-state index contributed by atoms with van der Waals surface area (Å²) in [4.78, 5) is 10.5. The molecule has 0 amide bonds. The van der Waals surface area contributed by atoms with Crippen LogP contribution in [-0.2, 0) is 11.2 Å². The van der Waals surface area contributed by atoms with Crippen LogP contribution in [-0.4, -0.2) is 11.7 Å². The number of hydrogen-bond acceptors (Lipinski definition) is 1. The van der Waals surface area contributed by atoms with Gasteiger partial charge in [0.1, 0.15) is 6.29 Å². The molecule has 0 aliphatic rings. The standard InChI is InChI=1S/C15H13ClO/c16-15(11-17)10-12-6-8-14(9-7-12)13-4-2-1-3-5-13/h1-9,11,15H,10H2. The van der Waals surface area contributed by atoms with Gasteiger partial charge in [-0.05, 0) is 23.1 Å². The van der Waals surface area contributed by atoms with Crippen molar-refractivity contribution in [2.45, 2.75) is 11.8 Å². The number of halogens is 1. The number of rotatable bonds is 4. The highest BCUT2D eigenvalue weighted by atomic mass is 35.5. The van der Waals surface area contributed by atoms with Crippen molar-refractivity contribution in [2.24, 2.45) is 0 Å². The van der Waals surface area contributed by atoms with Crippen LogP contribution in [0, 0.1) is 0 Å². The zero-order chi connectivity index (χ0) is 12.1. The molecule has 0 aliphatic heterocycles. The second-order valence-corrected chi connectivity index (χ2v) is 4.48. The summed E-state index contributed by atoms with van der Waals surface area (Å²) in [7, 11) is 0. The Labute approximate surface area is 106 Å². The highest BCUT2D eigenvalue weighted by molar-refractivity contribution is 6.27. The third-order valence-electron chi connectivity index (χ3n) is 2.64. The average molecular weight is 245 g/mol. The van der Waals surface area contributed by atoms with Crippen molar-refractivity contribution in [3.05, 3.63) is 60.2 Å².